The number of para-hydroxylation sites is 1. The number of hydrogen-bond acceptors (Lipinski definition) is 6. The zero-order chi connectivity index (χ0) is 19.6. The maximum atomic E-state index is 9.91. The monoisotopic (exact) mass is 359 g/mol. The molecule has 136 valence electrons. The summed E-state index contributed by atoms with van der Waals surface area (Å²) in [5, 5.41) is 29.7. The number of nitriles is 3. The Hall–Kier alpha value is -3.27. The van der Waals surface area contributed by atoms with E-state index in [2.05, 4.69) is 30.0 Å². The van der Waals surface area contributed by atoms with Gasteiger partial charge in [-0.2, -0.15) is 15.8 Å². The van der Waals surface area contributed by atoms with Gasteiger partial charge in [-0.05, 0) is 18.2 Å². The predicted molar refractivity (Wildman–Crippen MR) is 99.9 cm³/mol. The molecule has 0 fully saturated rings. The Balaban J connectivity index is 2.33. The highest BCUT2D eigenvalue weighted by Crippen LogP contribution is 2.53. The van der Waals surface area contributed by atoms with Crippen molar-refractivity contribution >= 4 is 0 Å². The van der Waals surface area contributed by atoms with Gasteiger partial charge >= 0.3 is 0 Å². The van der Waals surface area contributed by atoms with Crippen LogP contribution in [-0.2, 0) is 0 Å². The smallest absolute Gasteiger partial charge is 0.204 e. The van der Waals surface area contributed by atoms with E-state index in [4.69, 9.17) is 10.5 Å². The van der Waals surface area contributed by atoms with E-state index in [1.807, 2.05) is 30.3 Å². The normalized spacial score (nSPS) is 24.0. The third-order valence-electron chi connectivity index (χ3n) is 5.64. The number of fused-ring (bicyclic) bond motifs is 1. The van der Waals surface area contributed by atoms with E-state index in [9.17, 15) is 15.8 Å². The maximum Gasteiger partial charge on any atom is 0.204 e. The first-order valence-electron chi connectivity index (χ1n) is 8.86. The average Bonchev–Trinajstić information content (AvgIpc) is 2.73. The average molecular weight is 359 g/mol. The van der Waals surface area contributed by atoms with Gasteiger partial charge in [-0.15, -0.1) is 0 Å². The van der Waals surface area contributed by atoms with Gasteiger partial charge in [-0.1, -0.05) is 31.2 Å². The van der Waals surface area contributed by atoms with Crippen LogP contribution in [0.4, 0.5) is 0 Å². The summed E-state index contributed by atoms with van der Waals surface area (Å²) < 4.78 is 5.53. The summed E-state index contributed by atoms with van der Waals surface area (Å²) in [5.74, 6) is 0.107. The topological polar surface area (TPSA) is 110 Å². The van der Waals surface area contributed by atoms with E-state index in [0.717, 1.165) is 12.1 Å². The number of ether oxygens (including phenoxy) is 1. The van der Waals surface area contributed by atoms with Crippen molar-refractivity contribution < 1.29 is 4.74 Å². The van der Waals surface area contributed by atoms with Crippen molar-refractivity contribution in [3.63, 3.8) is 0 Å². The lowest BCUT2D eigenvalue weighted by atomic mass is 9.60. The molecule has 2 atom stereocenters. The molecule has 0 unspecified atom stereocenters. The first-order valence-corrected chi connectivity index (χ1v) is 8.86. The minimum atomic E-state index is -1.59. The number of nitrogens with two attached hydrogens (primary N) is 1. The lowest BCUT2D eigenvalue weighted by Gasteiger charge is -2.45. The number of allylic oxidation sites excluding steroid dienone is 2. The van der Waals surface area contributed by atoms with Gasteiger partial charge in [0.15, 0.2) is 0 Å². The summed E-state index contributed by atoms with van der Waals surface area (Å²) in [5.41, 5.74) is 6.58. The summed E-state index contributed by atoms with van der Waals surface area (Å²) in [7, 11) is 1.59. The van der Waals surface area contributed by atoms with Crippen LogP contribution in [0.2, 0.25) is 0 Å². The summed E-state index contributed by atoms with van der Waals surface area (Å²) in [6.07, 6.45) is 1.94. The van der Waals surface area contributed by atoms with Gasteiger partial charge < -0.3 is 10.5 Å². The third kappa shape index (κ3) is 2.65. The number of methoxy groups -OCH3 is 1. The van der Waals surface area contributed by atoms with Crippen LogP contribution in [0.3, 0.4) is 0 Å². The molecule has 2 aliphatic rings. The lowest BCUT2D eigenvalue weighted by molar-refractivity contribution is 0.233. The Bertz CT molecular complexity index is 927. The highest BCUT2D eigenvalue weighted by molar-refractivity contribution is 5.60. The van der Waals surface area contributed by atoms with Crippen LogP contribution in [0.5, 0.6) is 5.75 Å². The first-order chi connectivity index (χ1) is 13.1. The van der Waals surface area contributed by atoms with E-state index < -0.39 is 5.41 Å². The van der Waals surface area contributed by atoms with Gasteiger partial charge in [0.05, 0.1) is 36.6 Å². The van der Waals surface area contributed by atoms with Gasteiger partial charge in [-0.25, -0.2) is 0 Å². The van der Waals surface area contributed by atoms with Crippen LogP contribution in [0.1, 0.15) is 18.4 Å². The van der Waals surface area contributed by atoms with Crippen LogP contribution in [0.25, 0.3) is 0 Å². The Morgan fingerprint density at radius 2 is 1.96 bits per heavy atom. The Morgan fingerprint density at radius 3 is 2.56 bits per heavy atom. The Morgan fingerprint density at radius 1 is 1.26 bits per heavy atom. The quantitative estimate of drug-likeness (QED) is 0.830. The number of benzene rings is 1. The SMILES string of the molecule is CCN1CC=C2[C@H](C1)[C@@H](c1ccccc1OC)C(C#N)=C(N)C2(C#N)C#N. The molecule has 2 N–H and O–H groups in total. The van der Waals surface area contributed by atoms with Crippen LogP contribution in [-0.4, -0.2) is 31.6 Å². The summed E-state index contributed by atoms with van der Waals surface area (Å²) in [4.78, 5) is 2.23. The van der Waals surface area contributed by atoms with E-state index in [0.29, 0.717) is 24.4 Å². The fraction of sp³-hybridized carbons (Fsp3) is 0.381. The minimum Gasteiger partial charge on any atom is -0.496 e. The van der Waals surface area contributed by atoms with E-state index in [1.54, 1.807) is 7.11 Å². The molecule has 0 saturated carbocycles. The number of hydrogen-bond donors (Lipinski definition) is 1. The molecule has 0 radical (unpaired) electrons. The van der Waals surface area contributed by atoms with Gasteiger partial charge in [0.1, 0.15) is 5.75 Å². The van der Waals surface area contributed by atoms with Crippen LogP contribution in [0, 0.1) is 45.3 Å². The maximum absolute atomic E-state index is 9.91. The molecule has 1 aromatic rings. The van der Waals surface area contributed by atoms with Crippen molar-refractivity contribution in [3.05, 3.63) is 52.7 Å². The van der Waals surface area contributed by atoms with E-state index in [-0.39, 0.29) is 23.1 Å². The molecular weight excluding hydrogens is 338 g/mol. The largest absolute Gasteiger partial charge is 0.496 e. The lowest BCUT2D eigenvalue weighted by Crippen LogP contribution is -2.47. The van der Waals surface area contributed by atoms with Crippen molar-refractivity contribution in [1.29, 1.82) is 15.8 Å². The fourth-order valence-electron chi connectivity index (χ4n) is 4.23. The van der Waals surface area contributed by atoms with Crippen LogP contribution < -0.4 is 10.5 Å². The van der Waals surface area contributed by atoms with E-state index in [1.165, 1.54) is 0 Å². The summed E-state index contributed by atoms with van der Waals surface area (Å²) in [6, 6.07) is 13.9. The van der Waals surface area contributed by atoms with Crippen LogP contribution >= 0.6 is 0 Å². The molecule has 1 aromatic carbocycles. The number of likely N-dealkylation sites (N-methyl/N-ethyl adjacent to an activating group) is 1. The molecule has 0 aromatic heterocycles. The minimum absolute atomic E-state index is 0.0401. The van der Waals surface area contributed by atoms with Gasteiger partial charge in [0, 0.05) is 30.5 Å². The highest BCUT2D eigenvalue weighted by atomic mass is 16.5. The molecular formula is C21H21N5O. The molecule has 0 amide bonds. The van der Waals surface area contributed by atoms with Gasteiger partial charge in [-0.3, -0.25) is 4.90 Å². The summed E-state index contributed by atoms with van der Waals surface area (Å²) >= 11 is 0. The van der Waals surface area contributed by atoms with Gasteiger partial charge in [0.25, 0.3) is 0 Å². The van der Waals surface area contributed by atoms with Gasteiger partial charge in [0.2, 0.25) is 5.41 Å². The van der Waals surface area contributed by atoms with Crippen LogP contribution in [0.15, 0.2) is 47.2 Å². The Labute approximate surface area is 159 Å². The van der Waals surface area contributed by atoms with E-state index >= 15 is 0 Å². The number of rotatable bonds is 3. The van der Waals surface area contributed by atoms with Crippen molar-refractivity contribution in [3.8, 4) is 24.0 Å². The zero-order valence-corrected chi connectivity index (χ0v) is 15.4. The Kier molecular flexibility index (Phi) is 4.91. The molecule has 0 spiro atoms. The first kappa shape index (κ1) is 18.5. The molecule has 0 saturated heterocycles. The second kappa shape index (κ2) is 7.16. The molecule has 6 nitrogen and oxygen atoms in total. The molecule has 1 aliphatic carbocycles. The second-order valence-electron chi connectivity index (χ2n) is 6.75. The number of nitrogens with zero attached hydrogens (tertiary/aromatic N) is 4. The second-order valence-corrected chi connectivity index (χ2v) is 6.75. The molecule has 1 heterocycles. The summed E-state index contributed by atoms with van der Waals surface area (Å²) in [6.45, 7) is 4.21. The molecule has 27 heavy (non-hydrogen) atoms. The van der Waals surface area contributed by atoms with Crippen molar-refractivity contribution in [2.75, 3.05) is 26.7 Å². The molecule has 0 bridgehead atoms. The molecule has 1 aliphatic heterocycles. The third-order valence-corrected chi connectivity index (χ3v) is 5.64. The van der Waals surface area contributed by atoms with Crippen molar-refractivity contribution in [2.24, 2.45) is 17.1 Å². The molecule has 6 heteroatoms. The van der Waals surface area contributed by atoms with Crippen molar-refractivity contribution in [2.45, 2.75) is 12.8 Å². The predicted octanol–water partition coefficient (Wildman–Crippen LogP) is 2.44. The van der Waals surface area contributed by atoms with Crippen molar-refractivity contribution in [1.82, 2.24) is 4.90 Å². The zero-order valence-electron chi connectivity index (χ0n) is 15.4. The highest BCUT2D eigenvalue weighted by Gasteiger charge is 2.52. The fourth-order valence-corrected chi connectivity index (χ4v) is 4.23. The molecule has 3 rings (SSSR count). The standard InChI is InChI=1S/C21H21N5O/c1-3-26-9-8-17-16(11-26)19(14-6-4-5-7-18(14)27-2)15(10-22)20(25)21(17,12-23)13-24/h4-8,16,19H,3,9,11,25H2,1-2H3/t16-,19-/m0/s1.